The Morgan fingerprint density at radius 1 is 1.05 bits per heavy atom. The number of rotatable bonds is 7. The summed E-state index contributed by atoms with van der Waals surface area (Å²) < 4.78 is 1.45. The normalized spacial score (nSPS) is 14.8. The van der Waals surface area contributed by atoms with Crippen LogP contribution in [-0.2, 0) is 22.4 Å². The number of hydrogen-bond donors (Lipinski definition) is 1. The second kappa shape index (κ2) is 11.1. The minimum absolute atomic E-state index is 0.00212. The Morgan fingerprint density at radius 2 is 1.85 bits per heavy atom. The largest absolute Gasteiger partial charge is 0.478 e. The number of benzene rings is 2. The molecule has 0 bridgehead atoms. The molecule has 4 aromatic rings. The van der Waals surface area contributed by atoms with E-state index in [0.29, 0.717) is 44.7 Å². The van der Waals surface area contributed by atoms with Crippen LogP contribution in [-0.4, -0.2) is 59.4 Å². The van der Waals surface area contributed by atoms with Crippen molar-refractivity contribution in [1.82, 2.24) is 30.1 Å². The molecule has 0 spiro atoms. The molecule has 196 valence electrons. The first-order chi connectivity index (χ1) is 18.8. The standard InChI is InChI=1S/C27H20Cl2N6O4/c28-19-6-8-22(35-15-30-32-33-35)18(14-19)5-10-25(37)34-12-11-21-20(7-9-24(29)31-21)26(34)23(36)13-16-1-3-17(4-2-16)27(38)39/h1-10,14-15,26H,11-13H2,(H,38,39)/b10-5+. The first-order valence-corrected chi connectivity index (χ1v) is 12.6. The van der Waals surface area contributed by atoms with Crippen molar-refractivity contribution in [3.05, 3.63) is 105 Å². The van der Waals surface area contributed by atoms with Crippen LogP contribution < -0.4 is 0 Å². The van der Waals surface area contributed by atoms with Crippen LogP contribution in [0.5, 0.6) is 0 Å². The number of carbonyl (C=O) groups excluding carboxylic acids is 2. The lowest BCUT2D eigenvalue weighted by atomic mass is 9.90. The van der Waals surface area contributed by atoms with Crippen molar-refractivity contribution in [3.63, 3.8) is 0 Å². The zero-order chi connectivity index (χ0) is 27.5. The van der Waals surface area contributed by atoms with Gasteiger partial charge in [-0.3, -0.25) is 9.59 Å². The van der Waals surface area contributed by atoms with Gasteiger partial charge in [0.25, 0.3) is 0 Å². The lowest BCUT2D eigenvalue weighted by Gasteiger charge is -2.35. The number of ketones is 1. The number of tetrazole rings is 1. The Kier molecular flexibility index (Phi) is 7.49. The Labute approximate surface area is 232 Å². The van der Waals surface area contributed by atoms with Gasteiger partial charge in [-0.05, 0) is 58.5 Å². The fourth-order valence-corrected chi connectivity index (χ4v) is 4.85. The van der Waals surface area contributed by atoms with Crippen molar-refractivity contribution < 1.29 is 19.5 Å². The lowest BCUT2D eigenvalue weighted by molar-refractivity contribution is -0.136. The first kappa shape index (κ1) is 26.2. The summed E-state index contributed by atoms with van der Waals surface area (Å²) in [6, 6.07) is 13.6. The number of aromatic carboxylic acids is 1. The van der Waals surface area contributed by atoms with E-state index in [2.05, 4.69) is 20.5 Å². The predicted molar refractivity (Wildman–Crippen MR) is 143 cm³/mol. The zero-order valence-electron chi connectivity index (χ0n) is 20.2. The molecule has 0 saturated heterocycles. The minimum atomic E-state index is -1.05. The Balaban J connectivity index is 1.45. The smallest absolute Gasteiger partial charge is 0.335 e. The fraction of sp³-hybridized carbons (Fsp3) is 0.148. The molecular formula is C27H20Cl2N6O4. The molecule has 12 heteroatoms. The van der Waals surface area contributed by atoms with Gasteiger partial charge in [-0.2, -0.15) is 4.68 Å². The fourth-order valence-electron chi connectivity index (χ4n) is 4.50. The van der Waals surface area contributed by atoms with Crippen LogP contribution in [0, 0.1) is 0 Å². The molecule has 0 radical (unpaired) electrons. The Morgan fingerprint density at radius 3 is 2.56 bits per heavy atom. The molecule has 3 heterocycles. The number of carboxylic acids is 1. The predicted octanol–water partition coefficient (Wildman–Crippen LogP) is 4.01. The Bertz CT molecular complexity index is 1590. The van der Waals surface area contributed by atoms with E-state index >= 15 is 0 Å². The second-order valence-electron chi connectivity index (χ2n) is 8.79. The lowest BCUT2D eigenvalue weighted by Crippen LogP contribution is -2.43. The highest BCUT2D eigenvalue weighted by molar-refractivity contribution is 6.30. The molecule has 1 N–H and O–H groups in total. The number of carbonyl (C=O) groups is 3. The number of aromatic nitrogens is 5. The highest BCUT2D eigenvalue weighted by atomic mass is 35.5. The van der Waals surface area contributed by atoms with Crippen LogP contribution in [0.1, 0.15) is 38.8 Å². The number of halogens is 2. The molecule has 1 unspecified atom stereocenters. The summed E-state index contributed by atoms with van der Waals surface area (Å²) in [4.78, 5) is 44.2. The van der Waals surface area contributed by atoms with E-state index < -0.39 is 12.0 Å². The molecule has 0 saturated carbocycles. The van der Waals surface area contributed by atoms with E-state index in [9.17, 15) is 14.4 Å². The van der Waals surface area contributed by atoms with Crippen molar-refractivity contribution in [3.8, 4) is 5.69 Å². The van der Waals surface area contributed by atoms with Gasteiger partial charge in [0.05, 0.1) is 11.3 Å². The van der Waals surface area contributed by atoms with Crippen LogP contribution >= 0.6 is 23.2 Å². The van der Waals surface area contributed by atoms with Crippen LogP contribution in [0.4, 0.5) is 0 Å². The first-order valence-electron chi connectivity index (χ1n) is 11.8. The number of carboxylic acid groups (broad SMARTS) is 1. The SMILES string of the molecule is O=C(O)c1ccc(CC(=O)C2c3ccc(Cl)nc3CCN2C(=O)/C=C/c2cc(Cl)ccc2-n2cnnn2)cc1. The highest BCUT2D eigenvalue weighted by Gasteiger charge is 2.35. The van der Waals surface area contributed by atoms with Crippen molar-refractivity contribution >= 4 is 46.9 Å². The molecule has 0 fully saturated rings. The second-order valence-corrected chi connectivity index (χ2v) is 9.61. The summed E-state index contributed by atoms with van der Waals surface area (Å²) in [5.74, 6) is -1.66. The molecule has 5 rings (SSSR count). The van der Waals surface area contributed by atoms with Gasteiger partial charge in [-0.1, -0.05) is 41.4 Å². The van der Waals surface area contributed by atoms with Crippen molar-refractivity contribution in [1.29, 1.82) is 0 Å². The van der Waals surface area contributed by atoms with E-state index in [-0.39, 0.29) is 30.2 Å². The third-order valence-electron chi connectivity index (χ3n) is 6.33. The van der Waals surface area contributed by atoms with E-state index in [1.54, 1.807) is 48.5 Å². The molecule has 10 nitrogen and oxygen atoms in total. The summed E-state index contributed by atoms with van der Waals surface area (Å²) in [7, 11) is 0. The van der Waals surface area contributed by atoms with Gasteiger partial charge in [0, 0.05) is 47.3 Å². The monoisotopic (exact) mass is 562 g/mol. The summed E-state index contributed by atoms with van der Waals surface area (Å²) in [6.07, 6.45) is 4.85. The average Bonchev–Trinajstić information content (AvgIpc) is 3.46. The molecule has 1 amide bonds. The number of fused-ring (bicyclic) bond motifs is 1. The van der Waals surface area contributed by atoms with E-state index in [1.165, 1.54) is 34.1 Å². The van der Waals surface area contributed by atoms with Gasteiger partial charge in [0.1, 0.15) is 17.5 Å². The molecule has 39 heavy (non-hydrogen) atoms. The number of pyridine rings is 1. The molecule has 0 aliphatic carbocycles. The highest BCUT2D eigenvalue weighted by Crippen LogP contribution is 2.32. The third kappa shape index (κ3) is 5.71. The summed E-state index contributed by atoms with van der Waals surface area (Å²) in [5, 5.41) is 21.1. The van der Waals surface area contributed by atoms with Gasteiger partial charge < -0.3 is 10.0 Å². The number of Topliss-reactive ketones (excluding diaryl/α,β-unsaturated/α-hetero) is 1. The maximum atomic E-state index is 13.6. The van der Waals surface area contributed by atoms with Gasteiger partial charge >= 0.3 is 5.97 Å². The molecule has 1 aliphatic rings. The Hall–Kier alpha value is -4.41. The van der Waals surface area contributed by atoms with Crippen molar-refractivity contribution in [2.24, 2.45) is 0 Å². The quantitative estimate of drug-likeness (QED) is 0.264. The van der Waals surface area contributed by atoms with E-state index in [1.807, 2.05) is 0 Å². The molecular weight excluding hydrogens is 543 g/mol. The molecule has 2 aromatic carbocycles. The van der Waals surface area contributed by atoms with Crippen LogP contribution in [0.3, 0.4) is 0 Å². The maximum Gasteiger partial charge on any atom is 0.335 e. The third-order valence-corrected chi connectivity index (χ3v) is 6.77. The number of amides is 1. The average molecular weight is 563 g/mol. The minimum Gasteiger partial charge on any atom is -0.478 e. The van der Waals surface area contributed by atoms with Crippen LogP contribution in [0.2, 0.25) is 10.2 Å². The number of hydrogen-bond acceptors (Lipinski definition) is 7. The molecule has 1 aliphatic heterocycles. The van der Waals surface area contributed by atoms with Crippen LogP contribution in [0.15, 0.2) is 67.0 Å². The van der Waals surface area contributed by atoms with Crippen molar-refractivity contribution in [2.45, 2.75) is 18.9 Å². The van der Waals surface area contributed by atoms with Gasteiger partial charge in [-0.15, -0.1) is 5.10 Å². The maximum absolute atomic E-state index is 13.6. The van der Waals surface area contributed by atoms with Crippen LogP contribution in [0.25, 0.3) is 11.8 Å². The molecule has 2 aromatic heterocycles. The van der Waals surface area contributed by atoms with Crippen molar-refractivity contribution in [2.75, 3.05) is 6.54 Å². The van der Waals surface area contributed by atoms with Gasteiger partial charge in [-0.25, -0.2) is 9.78 Å². The summed E-state index contributed by atoms with van der Waals surface area (Å²) >= 11 is 12.3. The van der Waals surface area contributed by atoms with E-state index in [4.69, 9.17) is 28.3 Å². The van der Waals surface area contributed by atoms with Gasteiger partial charge in [0.2, 0.25) is 5.91 Å². The zero-order valence-corrected chi connectivity index (χ0v) is 21.7. The summed E-state index contributed by atoms with van der Waals surface area (Å²) in [5.41, 5.74) is 3.25. The van der Waals surface area contributed by atoms with E-state index in [0.717, 1.165) is 0 Å². The summed E-state index contributed by atoms with van der Waals surface area (Å²) in [6.45, 7) is 0.257. The topological polar surface area (TPSA) is 131 Å². The molecule has 1 atom stereocenters. The van der Waals surface area contributed by atoms with Gasteiger partial charge in [0.15, 0.2) is 5.78 Å². The number of nitrogens with zero attached hydrogens (tertiary/aromatic N) is 6.